The van der Waals surface area contributed by atoms with Gasteiger partial charge in [-0.3, -0.25) is 9.59 Å². The van der Waals surface area contributed by atoms with Gasteiger partial charge in [0.05, 0.1) is 6.26 Å². The minimum atomic E-state index is -0.369. The molecule has 1 aromatic heterocycles. The third kappa shape index (κ3) is 3.57. The molecule has 2 N–H and O–H groups in total. The van der Waals surface area contributed by atoms with E-state index in [-0.39, 0.29) is 17.6 Å². The lowest BCUT2D eigenvalue weighted by molar-refractivity contribution is 0.0993. The summed E-state index contributed by atoms with van der Waals surface area (Å²) in [6, 6.07) is 23.6. The molecule has 0 radical (unpaired) electrons. The van der Waals surface area contributed by atoms with Crippen molar-refractivity contribution in [1.29, 1.82) is 0 Å². The van der Waals surface area contributed by atoms with E-state index in [0.29, 0.717) is 11.3 Å². The molecule has 0 aliphatic rings. The van der Waals surface area contributed by atoms with Gasteiger partial charge in [-0.2, -0.15) is 0 Å². The van der Waals surface area contributed by atoms with Crippen LogP contribution in [0, 0.1) is 0 Å². The topological polar surface area (TPSA) is 71.3 Å². The highest BCUT2D eigenvalue weighted by atomic mass is 16.3. The molecule has 0 spiro atoms. The van der Waals surface area contributed by atoms with Gasteiger partial charge in [0, 0.05) is 22.3 Å². The lowest BCUT2D eigenvalue weighted by Crippen LogP contribution is -2.14. The number of fused-ring (bicyclic) bond motifs is 1. The average molecular weight is 356 g/mol. The Balaban J connectivity index is 1.54. The summed E-state index contributed by atoms with van der Waals surface area (Å²) in [5.41, 5.74) is 1.70. The Kier molecular flexibility index (Phi) is 4.41. The fourth-order valence-electron chi connectivity index (χ4n) is 2.87. The van der Waals surface area contributed by atoms with Crippen LogP contribution in [0.3, 0.4) is 0 Å². The molecule has 5 heteroatoms. The number of furan rings is 1. The van der Waals surface area contributed by atoms with Gasteiger partial charge >= 0.3 is 0 Å². The van der Waals surface area contributed by atoms with Crippen molar-refractivity contribution in [3.63, 3.8) is 0 Å². The van der Waals surface area contributed by atoms with Crippen LogP contribution in [0.15, 0.2) is 89.5 Å². The zero-order chi connectivity index (χ0) is 18.6. The Labute approximate surface area is 155 Å². The second kappa shape index (κ2) is 7.17. The van der Waals surface area contributed by atoms with E-state index >= 15 is 0 Å². The van der Waals surface area contributed by atoms with Gasteiger partial charge in [-0.15, -0.1) is 0 Å². The maximum absolute atomic E-state index is 12.7. The third-order valence-electron chi connectivity index (χ3n) is 4.17. The summed E-state index contributed by atoms with van der Waals surface area (Å²) in [5.74, 6) is -0.410. The van der Waals surface area contributed by atoms with Crippen LogP contribution in [0.2, 0.25) is 0 Å². The van der Waals surface area contributed by atoms with Crippen molar-refractivity contribution in [3.05, 3.63) is 96.4 Å². The van der Waals surface area contributed by atoms with Crippen molar-refractivity contribution in [2.45, 2.75) is 0 Å². The number of nitrogens with one attached hydrogen (secondary N) is 2. The summed E-state index contributed by atoms with van der Waals surface area (Å²) < 4.78 is 5.07. The van der Waals surface area contributed by atoms with Crippen LogP contribution in [-0.4, -0.2) is 11.8 Å². The summed E-state index contributed by atoms with van der Waals surface area (Å²) in [6.45, 7) is 0. The van der Waals surface area contributed by atoms with Gasteiger partial charge < -0.3 is 15.1 Å². The van der Waals surface area contributed by atoms with Crippen LogP contribution in [-0.2, 0) is 0 Å². The van der Waals surface area contributed by atoms with E-state index in [1.165, 1.54) is 6.26 Å². The lowest BCUT2D eigenvalue weighted by Gasteiger charge is -2.10. The van der Waals surface area contributed by atoms with E-state index in [1.807, 2.05) is 42.5 Å². The molecule has 0 fully saturated rings. The Bertz CT molecular complexity index is 1110. The van der Waals surface area contributed by atoms with Crippen LogP contribution in [0.25, 0.3) is 10.8 Å². The Morgan fingerprint density at radius 3 is 2.41 bits per heavy atom. The maximum Gasteiger partial charge on any atom is 0.291 e. The smallest absolute Gasteiger partial charge is 0.291 e. The number of carbonyl (C=O) groups excluding carboxylic acids is 2. The van der Waals surface area contributed by atoms with Gasteiger partial charge in [-0.25, -0.2) is 0 Å². The highest BCUT2D eigenvalue weighted by Gasteiger charge is 2.12. The van der Waals surface area contributed by atoms with Gasteiger partial charge in [0.1, 0.15) is 0 Å². The number of rotatable bonds is 4. The highest BCUT2D eigenvalue weighted by Crippen LogP contribution is 2.24. The first-order valence-corrected chi connectivity index (χ1v) is 8.45. The minimum absolute atomic E-state index is 0.209. The molecule has 4 rings (SSSR count). The SMILES string of the molecule is O=C(Nc1cccc2ccccc12)c1cccc(NC(=O)c2ccco2)c1. The average Bonchev–Trinajstić information content (AvgIpc) is 3.23. The van der Waals surface area contributed by atoms with Gasteiger partial charge in [-0.1, -0.05) is 42.5 Å². The normalized spacial score (nSPS) is 10.5. The minimum Gasteiger partial charge on any atom is -0.459 e. The number of amides is 2. The number of hydrogen-bond acceptors (Lipinski definition) is 3. The van der Waals surface area contributed by atoms with E-state index in [9.17, 15) is 9.59 Å². The maximum atomic E-state index is 12.7. The molecule has 132 valence electrons. The molecule has 0 saturated carbocycles. The highest BCUT2D eigenvalue weighted by molar-refractivity contribution is 6.10. The summed E-state index contributed by atoms with van der Waals surface area (Å²) in [5, 5.41) is 7.68. The third-order valence-corrected chi connectivity index (χ3v) is 4.17. The van der Waals surface area contributed by atoms with Crippen molar-refractivity contribution in [2.75, 3.05) is 10.6 Å². The van der Waals surface area contributed by atoms with E-state index in [4.69, 9.17) is 4.42 Å². The van der Waals surface area contributed by atoms with Crippen molar-refractivity contribution < 1.29 is 14.0 Å². The summed E-state index contributed by atoms with van der Waals surface area (Å²) in [6.07, 6.45) is 1.43. The largest absolute Gasteiger partial charge is 0.459 e. The Morgan fingerprint density at radius 2 is 1.56 bits per heavy atom. The predicted molar refractivity (Wildman–Crippen MR) is 105 cm³/mol. The molecule has 0 saturated heterocycles. The van der Waals surface area contributed by atoms with Crippen molar-refractivity contribution in [1.82, 2.24) is 0 Å². The van der Waals surface area contributed by atoms with Crippen LogP contribution in [0.4, 0.5) is 11.4 Å². The molecule has 5 nitrogen and oxygen atoms in total. The fraction of sp³-hybridized carbons (Fsp3) is 0. The van der Waals surface area contributed by atoms with Crippen molar-refractivity contribution in [3.8, 4) is 0 Å². The molecular weight excluding hydrogens is 340 g/mol. The first-order chi connectivity index (χ1) is 13.2. The molecule has 0 bridgehead atoms. The molecule has 4 aromatic rings. The van der Waals surface area contributed by atoms with E-state index in [0.717, 1.165) is 16.5 Å². The van der Waals surface area contributed by atoms with Gasteiger partial charge in [0.2, 0.25) is 0 Å². The van der Waals surface area contributed by atoms with Crippen molar-refractivity contribution >= 4 is 34.0 Å². The number of benzene rings is 3. The van der Waals surface area contributed by atoms with Crippen LogP contribution in [0.5, 0.6) is 0 Å². The Hall–Kier alpha value is -3.86. The molecule has 27 heavy (non-hydrogen) atoms. The van der Waals surface area contributed by atoms with Crippen LogP contribution in [0.1, 0.15) is 20.9 Å². The molecule has 0 aliphatic carbocycles. The summed E-state index contributed by atoms with van der Waals surface area (Å²) in [4.78, 5) is 24.8. The molecular formula is C22H16N2O3. The van der Waals surface area contributed by atoms with Gasteiger partial charge in [-0.05, 0) is 41.8 Å². The lowest BCUT2D eigenvalue weighted by atomic mass is 10.1. The number of carbonyl (C=O) groups is 2. The van der Waals surface area contributed by atoms with Crippen LogP contribution >= 0.6 is 0 Å². The van der Waals surface area contributed by atoms with Gasteiger partial charge in [0.15, 0.2) is 5.76 Å². The van der Waals surface area contributed by atoms with Crippen molar-refractivity contribution in [2.24, 2.45) is 0 Å². The first kappa shape index (κ1) is 16.6. The molecule has 0 atom stereocenters. The number of anilines is 2. The summed E-state index contributed by atoms with van der Waals surface area (Å²) >= 11 is 0. The second-order valence-electron chi connectivity index (χ2n) is 5.99. The van der Waals surface area contributed by atoms with E-state index in [1.54, 1.807) is 36.4 Å². The predicted octanol–water partition coefficient (Wildman–Crippen LogP) is 4.94. The standard InChI is InChI=1S/C22H16N2O3/c25-21(24-19-11-4-7-15-6-1-2-10-18(15)19)16-8-3-9-17(14-16)23-22(26)20-12-5-13-27-20/h1-14H,(H,23,26)(H,24,25). The van der Waals surface area contributed by atoms with E-state index < -0.39 is 0 Å². The Morgan fingerprint density at radius 1 is 0.741 bits per heavy atom. The zero-order valence-corrected chi connectivity index (χ0v) is 14.3. The number of hydrogen-bond donors (Lipinski definition) is 2. The van der Waals surface area contributed by atoms with Gasteiger partial charge in [0.25, 0.3) is 11.8 Å². The quantitative estimate of drug-likeness (QED) is 0.544. The molecule has 0 aliphatic heterocycles. The molecule has 0 unspecified atom stereocenters. The summed E-state index contributed by atoms with van der Waals surface area (Å²) in [7, 11) is 0. The molecule has 2 amide bonds. The first-order valence-electron chi connectivity index (χ1n) is 8.45. The monoisotopic (exact) mass is 356 g/mol. The zero-order valence-electron chi connectivity index (χ0n) is 14.3. The fourth-order valence-corrected chi connectivity index (χ4v) is 2.87. The molecule has 1 heterocycles. The van der Waals surface area contributed by atoms with E-state index in [2.05, 4.69) is 10.6 Å². The molecule has 3 aromatic carbocycles. The van der Waals surface area contributed by atoms with Crippen LogP contribution < -0.4 is 10.6 Å². The second-order valence-corrected chi connectivity index (χ2v) is 5.99.